The molecule has 0 saturated heterocycles. The summed E-state index contributed by atoms with van der Waals surface area (Å²) in [6.45, 7) is 6.20. The fraction of sp³-hybridized carbons (Fsp3) is 0.556. The van der Waals surface area contributed by atoms with E-state index in [-0.39, 0.29) is 0 Å². The van der Waals surface area contributed by atoms with Gasteiger partial charge >= 0.3 is 0 Å². The van der Waals surface area contributed by atoms with Crippen molar-refractivity contribution in [2.75, 3.05) is 6.54 Å². The van der Waals surface area contributed by atoms with Crippen molar-refractivity contribution >= 4 is 17.3 Å². The van der Waals surface area contributed by atoms with E-state index in [4.69, 9.17) is 12.2 Å². The first-order chi connectivity index (χ1) is 10.7. The molecule has 1 aromatic rings. The van der Waals surface area contributed by atoms with E-state index in [2.05, 4.69) is 47.3 Å². The summed E-state index contributed by atoms with van der Waals surface area (Å²) in [5.41, 5.74) is 1.21. The van der Waals surface area contributed by atoms with Crippen molar-refractivity contribution < 1.29 is 0 Å². The Morgan fingerprint density at radius 1 is 1.50 bits per heavy atom. The van der Waals surface area contributed by atoms with Crippen LogP contribution >= 0.6 is 12.2 Å². The molecule has 120 valence electrons. The number of allylic oxidation sites excluding steroid dienone is 2. The maximum absolute atomic E-state index is 5.66. The summed E-state index contributed by atoms with van der Waals surface area (Å²) >= 11 is 5.66. The van der Waals surface area contributed by atoms with Crippen LogP contribution < -0.4 is 5.32 Å². The predicted molar refractivity (Wildman–Crippen MR) is 96.6 cm³/mol. The van der Waals surface area contributed by atoms with Crippen LogP contribution in [-0.2, 0) is 6.54 Å². The smallest absolute Gasteiger partial charge is 0.169 e. The molecule has 22 heavy (non-hydrogen) atoms. The zero-order valence-electron chi connectivity index (χ0n) is 13.7. The first kappa shape index (κ1) is 16.9. The lowest BCUT2D eigenvalue weighted by Crippen LogP contribution is -2.45. The van der Waals surface area contributed by atoms with E-state index in [0.29, 0.717) is 12.0 Å². The molecular weight excluding hydrogens is 290 g/mol. The minimum atomic E-state index is 0.412. The highest BCUT2D eigenvalue weighted by Crippen LogP contribution is 2.20. The van der Waals surface area contributed by atoms with E-state index in [1.807, 2.05) is 18.5 Å². The van der Waals surface area contributed by atoms with Gasteiger partial charge in [-0.1, -0.05) is 25.1 Å². The maximum atomic E-state index is 5.66. The highest BCUT2D eigenvalue weighted by molar-refractivity contribution is 7.80. The van der Waals surface area contributed by atoms with Crippen molar-refractivity contribution in [1.29, 1.82) is 0 Å². The SMILES string of the molecule is CC[C@@H](C)NC(=S)N(Cc1cccnc1)C[C@@H]1CC=CCC1. The van der Waals surface area contributed by atoms with Crippen molar-refractivity contribution in [2.24, 2.45) is 5.92 Å². The number of nitrogens with zero attached hydrogens (tertiary/aromatic N) is 2. The minimum Gasteiger partial charge on any atom is -0.360 e. The molecule has 0 unspecified atom stereocenters. The second-order valence-electron chi connectivity index (χ2n) is 6.15. The van der Waals surface area contributed by atoms with E-state index < -0.39 is 0 Å². The first-order valence-corrected chi connectivity index (χ1v) is 8.69. The fourth-order valence-electron chi connectivity index (χ4n) is 2.67. The molecule has 0 saturated carbocycles. The summed E-state index contributed by atoms with van der Waals surface area (Å²) < 4.78 is 0. The van der Waals surface area contributed by atoms with Gasteiger partial charge in [0.05, 0.1) is 0 Å². The molecule has 0 aromatic carbocycles. The van der Waals surface area contributed by atoms with Crippen LogP contribution in [0, 0.1) is 5.92 Å². The molecule has 0 spiro atoms. The second-order valence-corrected chi connectivity index (χ2v) is 6.54. The van der Waals surface area contributed by atoms with Crippen LogP contribution in [0.1, 0.15) is 45.1 Å². The molecule has 0 aliphatic heterocycles. The van der Waals surface area contributed by atoms with Gasteiger partial charge in [-0.15, -0.1) is 0 Å². The van der Waals surface area contributed by atoms with Gasteiger partial charge in [0.1, 0.15) is 0 Å². The lowest BCUT2D eigenvalue weighted by Gasteiger charge is -2.32. The zero-order valence-corrected chi connectivity index (χ0v) is 14.5. The van der Waals surface area contributed by atoms with Gasteiger partial charge < -0.3 is 10.2 Å². The Labute approximate surface area is 139 Å². The van der Waals surface area contributed by atoms with E-state index in [9.17, 15) is 0 Å². The van der Waals surface area contributed by atoms with E-state index in [1.165, 1.54) is 18.4 Å². The Balaban J connectivity index is 2.02. The molecule has 0 radical (unpaired) electrons. The molecule has 1 heterocycles. The molecule has 0 bridgehead atoms. The Morgan fingerprint density at radius 3 is 3.00 bits per heavy atom. The van der Waals surface area contributed by atoms with E-state index in [1.54, 1.807) is 0 Å². The molecule has 1 aliphatic rings. The Morgan fingerprint density at radius 2 is 2.36 bits per heavy atom. The molecule has 0 amide bonds. The van der Waals surface area contributed by atoms with Crippen LogP contribution in [0.2, 0.25) is 0 Å². The van der Waals surface area contributed by atoms with Crippen molar-refractivity contribution in [2.45, 2.75) is 52.1 Å². The second kappa shape index (κ2) is 8.89. The third-order valence-electron chi connectivity index (χ3n) is 4.22. The minimum absolute atomic E-state index is 0.412. The normalized spacial score (nSPS) is 18.7. The number of aromatic nitrogens is 1. The largest absolute Gasteiger partial charge is 0.360 e. The predicted octanol–water partition coefficient (Wildman–Crippen LogP) is 3.91. The third-order valence-corrected chi connectivity index (χ3v) is 4.60. The maximum Gasteiger partial charge on any atom is 0.169 e. The summed E-state index contributed by atoms with van der Waals surface area (Å²) in [6.07, 6.45) is 13.0. The summed E-state index contributed by atoms with van der Waals surface area (Å²) in [7, 11) is 0. The number of pyridine rings is 1. The molecule has 1 aliphatic carbocycles. The van der Waals surface area contributed by atoms with Gasteiger partial charge in [0.25, 0.3) is 0 Å². The van der Waals surface area contributed by atoms with Gasteiger partial charge in [0.15, 0.2) is 5.11 Å². The topological polar surface area (TPSA) is 28.2 Å². The molecule has 2 rings (SSSR count). The van der Waals surface area contributed by atoms with E-state index in [0.717, 1.165) is 31.0 Å². The molecular formula is C18H27N3S. The Kier molecular flexibility index (Phi) is 6.84. The molecule has 1 N–H and O–H groups in total. The molecule has 4 heteroatoms. The molecule has 3 nitrogen and oxygen atoms in total. The van der Waals surface area contributed by atoms with Gasteiger partial charge in [-0.3, -0.25) is 4.98 Å². The van der Waals surface area contributed by atoms with Gasteiger partial charge in [0.2, 0.25) is 0 Å². The summed E-state index contributed by atoms with van der Waals surface area (Å²) in [6, 6.07) is 4.52. The standard InChI is InChI=1S/C18H27N3S/c1-3-15(2)20-18(22)21(13-16-8-5-4-6-9-16)14-17-10-7-11-19-12-17/h4-5,7,10-12,15-16H,3,6,8-9,13-14H2,1-2H3,(H,20,22)/t15-,16-/m1/s1. The molecule has 0 fully saturated rings. The van der Waals surface area contributed by atoms with Crippen molar-refractivity contribution in [1.82, 2.24) is 15.2 Å². The highest BCUT2D eigenvalue weighted by atomic mass is 32.1. The Bertz CT molecular complexity index is 486. The van der Waals surface area contributed by atoms with Gasteiger partial charge in [-0.25, -0.2) is 0 Å². The van der Waals surface area contributed by atoms with E-state index >= 15 is 0 Å². The fourth-order valence-corrected chi connectivity index (χ4v) is 3.01. The van der Waals surface area contributed by atoms with Crippen LogP contribution in [0.4, 0.5) is 0 Å². The highest BCUT2D eigenvalue weighted by Gasteiger charge is 2.18. The average Bonchev–Trinajstić information content (AvgIpc) is 2.56. The molecule has 2 atom stereocenters. The van der Waals surface area contributed by atoms with Crippen LogP contribution in [0.3, 0.4) is 0 Å². The van der Waals surface area contributed by atoms with Crippen molar-refractivity contribution in [3.05, 3.63) is 42.2 Å². The summed E-state index contributed by atoms with van der Waals surface area (Å²) in [5, 5.41) is 4.33. The average molecular weight is 318 g/mol. The number of rotatable bonds is 6. The summed E-state index contributed by atoms with van der Waals surface area (Å²) in [5.74, 6) is 0.693. The first-order valence-electron chi connectivity index (χ1n) is 8.28. The zero-order chi connectivity index (χ0) is 15.8. The quantitative estimate of drug-likeness (QED) is 0.636. The number of hydrogen-bond donors (Lipinski definition) is 1. The lowest BCUT2D eigenvalue weighted by atomic mass is 9.94. The van der Waals surface area contributed by atoms with Gasteiger partial charge in [-0.2, -0.15) is 0 Å². The Hall–Kier alpha value is -1.42. The van der Waals surface area contributed by atoms with Crippen molar-refractivity contribution in [3.8, 4) is 0 Å². The van der Waals surface area contributed by atoms with Crippen LogP contribution in [0.25, 0.3) is 0 Å². The monoisotopic (exact) mass is 317 g/mol. The van der Waals surface area contributed by atoms with Crippen LogP contribution in [0.15, 0.2) is 36.7 Å². The number of thiocarbonyl (C=S) groups is 1. The summed E-state index contributed by atoms with van der Waals surface area (Å²) in [4.78, 5) is 6.53. The lowest BCUT2D eigenvalue weighted by molar-refractivity contribution is 0.309. The van der Waals surface area contributed by atoms with Crippen LogP contribution in [0.5, 0.6) is 0 Å². The third kappa shape index (κ3) is 5.41. The van der Waals surface area contributed by atoms with Gasteiger partial charge in [0, 0.05) is 31.5 Å². The number of nitrogens with one attached hydrogen (secondary N) is 1. The number of hydrogen-bond acceptors (Lipinski definition) is 2. The van der Waals surface area contributed by atoms with Crippen LogP contribution in [-0.4, -0.2) is 27.6 Å². The van der Waals surface area contributed by atoms with Gasteiger partial charge in [-0.05, 0) is 62.4 Å². The molecule has 1 aromatic heterocycles. The van der Waals surface area contributed by atoms with Crippen molar-refractivity contribution in [3.63, 3.8) is 0 Å².